The van der Waals surface area contributed by atoms with Gasteiger partial charge in [0.15, 0.2) is 23.8 Å². The summed E-state index contributed by atoms with van der Waals surface area (Å²) in [5.41, 5.74) is 1.54. The van der Waals surface area contributed by atoms with E-state index in [1.807, 2.05) is 31.2 Å². The van der Waals surface area contributed by atoms with Gasteiger partial charge in [-0.05, 0) is 100 Å². The highest BCUT2D eigenvalue weighted by Gasteiger charge is 2.24. The van der Waals surface area contributed by atoms with Crippen LogP contribution in [0.15, 0.2) is 51.6 Å². The van der Waals surface area contributed by atoms with E-state index in [-0.39, 0.29) is 24.8 Å². The largest absolute Gasteiger partial charge is 0.490 e. The molecule has 2 aromatic rings. The molecule has 0 radical (unpaired) electrons. The molecule has 3 rings (SSSR count). The van der Waals surface area contributed by atoms with Crippen LogP contribution in [-0.2, 0) is 19.1 Å². The Kier molecular flexibility index (Phi) is 8.08. The van der Waals surface area contributed by atoms with Crippen LogP contribution in [0.5, 0.6) is 11.5 Å². The standard InChI is InChI=1S/C22H19BrINO6/c1-3-28-18-11-13(9-16(23)20(18)30-12-19(26)29-4-2)10-17-22(27)31-21(25-17)14-5-7-15(24)8-6-14/h5-11H,3-4,12H2,1-2H3/b17-10-. The monoisotopic (exact) mass is 599 g/mol. The van der Waals surface area contributed by atoms with E-state index in [2.05, 4.69) is 43.5 Å². The van der Waals surface area contributed by atoms with Gasteiger partial charge in [0.25, 0.3) is 0 Å². The molecular formula is C22H19BrINO6. The molecule has 162 valence electrons. The second kappa shape index (κ2) is 10.8. The summed E-state index contributed by atoms with van der Waals surface area (Å²) in [4.78, 5) is 28.2. The highest BCUT2D eigenvalue weighted by atomic mass is 127. The van der Waals surface area contributed by atoms with Crippen molar-refractivity contribution in [2.24, 2.45) is 4.99 Å². The van der Waals surface area contributed by atoms with Crippen molar-refractivity contribution < 1.29 is 28.5 Å². The number of hydrogen-bond acceptors (Lipinski definition) is 7. The molecule has 0 bridgehead atoms. The summed E-state index contributed by atoms with van der Waals surface area (Å²) in [5.74, 6) is 0.0287. The number of ether oxygens (including phenoxy) is 4. The molecule has 1 aliphatic rings. The van der Waals surface area contributed by atoms with Gasteiger partial charge in [0.05, 0.1) is 17.7 Å². The molecule has 7 nitrogen and oxygen atoms in total. The first-order chi connectivity index (χ1) is 14.9. The van der Waals surface area contributed by atoms with E-state index < -0.39 is 11.9 Å². The molecule has 1 heterocycles. The maximum absolute atomic E-state index is 12.3. The summed E-state index contributed by atoms with van der Waals surface area (Å²) in [5, 5.41) is 0. The van der Waals surface area contributed by atoms with Crippen molar-refractivity contribution in [1.82, 2.24) is 0 Å². The minimum atomic E-state index is -0.537. The molecule has 0 spiro atoms. The Hall–Kier alpha value is -2.40. The number of carbonyl (C=O) groups excluding carboxylic acids is 2. The summed E-state index contributed by atoms with van der Waals surface area (Å²) in [6, 6.07) is 10.9. The van der Waals surface area contributed by atoms with Gasteiger partial charge in [0.2, 0.25) is 5.90 Å². The van der Waals surface area contributed by atoms with E-state index in [9.17, 15) is 9.59 Å². The molecule has 2 aromatic carbocycles. The Morgan fingerprint density at radius 1 is 1.16 bits per heavy atom. The number of cyclic esters (lactones) is 1. The van der Waals surface area contributed by atoms with Crippen LogP contribution in [-0.4, -0.2) is 37.7 Å². The molecule has 0 saturated carbocycles. The first-order valence-electron chi connectivity index (χ1n) is 9.44. The number of carbonyl (C=O) groups is 2. The lowest BCUT2D eigenvalue weighted by atomic mass is 10.1. The Morgan fingerprint density at radius 2 is 1.90 bits per heavy atom. The van der Waals surface area contributed by atoms with E-state index in [1.54, 1.807) is 25.1 Å². The third-order valence-corrected chi connectivity index (χ3v) is 5.29. The van der Waals surface area contributed by atoms with E-state index in [4.69, 9.17) is 18.9 Å². The number of rotatable bonds is 8. The van der Waals surface area contributed by atoms with Crippen LogP contribution in [0.4, 0.5) is 0 Å². The van der Waals surface area contributed by atoms with Gasteiger partial charge in [-0.1, -0.05) is 0 Å². The lowest BCUT2D eigenvalue weighted by molar-refractivity contribution is -0.145. The Morgan fingerprint density at radius 3 is 2.58 bits per heavy atom. The molecule has 0 atom stereocenters. The van der Waals surface area contributed by atoms with Crippen LogP contribution in [0.2, 0.25) is 0 Å². The highest BCUT2D eigenvalue weighted by molar-refractivity contribution is 14.1. The maximum atomic E-state index is 12.3. The molecule has 0 unspecified atom stereocenters. The summed E-state index contributed by atoms with van der Waals surface area (Å²) in [6.45, 7) is 3.97. The predicted molar refractivity (Wildman–Crippen MR) is 127 cm³/mol. The molecule has 9 heteroatoms. The van der Waals surface area contributed by atoms with E-state index in [0.717, 1.165) is 9.13 Å². The molecule has 1 aliphatic heterocycles. The van der Waals surface area contributed by atoms with Gasteiger partial charge in [-0.3, -0.25) is 0 Å². The smallest absolute Gasteiger partial charge is 0.363 e. The second-order valence-electron chi connectivity index (χ2n) is 6.20. The fraction of sp³-hybridized carbons (Fsp3) is 0.227. The number of esters is 2. The van der Waals surface area contributed by atoms with E-state index >= 15 is 0 Å². The Labute approximate surface area is 201 Å². The van der Waals surface area contributed by atoms with Crippen LogP contribution in [0.1, 0.15) is 25.0 Å². The van der Waals surface area contributed by atoms with Crippen molar-refractivity contribution in [2.75, 3.05) is 19.8 Å². The predicted octanol–water partition coefficient (Wildman–Crippen LogP) is 4.74. The first-order valence-corrected chi connectivity index (χ1v) is 11.3. The number of aliphatic imine (C=N–C) groups is 1. The van der Waals surface area contributed by atoms with Gasteiger partial charge in [-0.15, -0.1) is 0 Å². The first kappa shape index (κ1) is 23.3. The van der Waals surface area contributed by atoms with Crippen LogP contribution < -0.4 is 9.47 Å². The summed E-state index contributed by atoms with van der Waals surface area (Å²) < 4.78 is 23.1. The zero-order valence-electron chi connectivity index (χ0n) is 16.8. The number of nitrogens with zero attached hydrogens (tertiary/aromatic N) is 1. The Bertz CT molecular complexity index is 1050. The van der Waals surface area contributed by atoms with Crippen molar-refractivity contribution in [3.05, 3.63) is 61.3 Å². The molecular weight excluding hydrogens is 581 g/mol. The third kappa shape index (κ3) is 6.07. The van der Waals surface area contributed by atoms with Gasteiger partial charge >= 0.3 is 11.9 Å². The fourth-order valence-corrected chi connectivity index (χ4v) is 3.62. The minimum Gasteiger partial charge on any atom is -0.490 e. The van der Waals surface area contributed by atoms with Gasteiger partial charge in [-0.25, -0.2) is 14.6 Å². The topological polar surface area (TPSA) is 83.4 Å². The molecule has 0 fully saturated rings. The van der Waals surface area contributed by atoms with Crippen LogP contribution >= 0.6 is 38.5 Å². The zero-order chi connectivity index (χ0) is 22.4. The minimum absolute atomic E-state index is 0.170. The van der Waals surface area contributed by atoms with Crippen molar-refractivity contribution in [3.63, 3.8) is 0 Å². The summed E-state index contributed by atoms with van der Waals surface area (Å²) >= 11 is 5.64. The van der Waals surface area contributed by atoms with Crippen molar-refractivity contribution in [3.8, 4) is 11.5 Å². The molecule has 0 aliphatic carbocycles. The fourth-order valence-electron chi connectivity index (χ4n) is 2.69. The molecule has 31 heavy (non-hydrogen) atoms. The number of benzene rings is 2. The zero-order valence-corrected chi connectivity index (χ0v) is 20.6. The van der Waals surface area contributed by atoms with Crippen LogP contribution in [0.3, 0.4) is 0 Å². The SMILES string of the molecule is CCOC(=O)COc1c(Br)cc(/C=C2\N=C(c3ccc(I)cc3)OC2=O)cc1OCC. The molecule has 0 N–H and O–H groups in total. The average Bonchev–Trinajstić information content (AvgIpc) is 3.08. The summed E-state index contributed by atoms with van der Waals surface area (Å²) in [7, 11) is 0. The average molecular weight is 600 g/mol. The van der Waals surface area contributed by atoms with E-state index in [1.165, 1.54) is 0 Å². The van der Waals surface area contributed by atoms with Gasteiger partial charge in [0, 0.05) is 9.13 Å². The quantitative estimate of drug-likeness (QED) is 0.248. The number of hydrogen-bond donors (Lipinski definition) is 0. The second-order valence-corrected chi connectivity index (χ2v) is 8.30. The van der Waals surface area contributed by atoms with Crippen LogP contribution in [0.25, 0.3) is 6.08 Å². The van der Waals surface area contributed by atoms with Crippen LogP contribution in [0, 0.1) is 3.57 Å². The van der Waals surface area contributed by atoms with Gasteiger partial charge in [-0.2, -0.15) is 0 Å². The van der Waals surface area contributed by atoms with Gasteiger partial charge < -0.3 is 18.9 Å². The van der Waals surface area contributed by atoms with Crippen molar-refractivity contribution in [2.45, 2.75) is 13.8 Å². The van der Waals surface area contributed by atoms with E-state index in [0.29, 0.717) is 28.1 Å². The summed E-state index contributed by atoms with van der Waals surface area (Å²) in [6.07, 6.45) is 1.60. The molecule has 0 saturated heterocycles. The lowest BCUT2D eigenvalue weighted by Gasteiger charge is -2.14. The lowest BCUT2D eigenvalue weighted by Crippen LogP contribution is -2.15. The van der Waals surface area contributed by atoms with Gasteiger partial charge in [0.1, 0.15) is 0 Å². The van der Waals surface area contributed by atoms with Crippen molar-refractivity contribution >= 4 is 62.4 Å². The highest BCUT2D eigenvalue weighted by Crippen LogP contribution is 2.38. The normalized spacial score (nSPS) is 14.3. The molecule has 0 amide bonds. The van der Waals surface area contributed by atoms with Crippen molar-refractivity contribution in [1.29, 1.82) is 0 Å². The third-order valence-electron chi connectivity index (χ3n) is 3.99. The molecule has 0 aromatic heterocycles. The maximum Gasteiger partial charge on any atom is 0.363 e. The Balaban J connectivity index is 1.88. The number of halogens is 2.